The quantitative estimate of drug-likeness (QED) is 0.661. The highest BCUT2D eigenvalue weighted by atomic mass is 16.5. The number of anilines is 3. The molecule has 1 aromatic carbocycles. The van der Waals surface area contributed by atoms with E-state index in [2.05, 4.69) is 20.2 Å². The molecule has 1 atom stereocenters. The van der Waals surface area contributed by atoms with Crippen LogP contribution < -0.4 is 20.7 Å². The first-order chi connectivity index (χ1) is 13.6. The summed E-state index contributed by atoms with van der Waals surface area (Å²) in [5, 5.41) is 18.2. The predicted molar refractivity (Wildman–Crippen MR) is 107 cm³/mol. The molecule has 28 heavy (non-hydrogen) atoms. The SMILES string of the molecule is COc1nc(NC2CCCN(c3nn(C)c4cc(N)ccc34)C2)ncc1C#N. The van der Waals surface area contributed by atoms with Crippen molar-refractivity contribution in [3.05, 3.63) is 30.0 Å². The van der Waals surface area contributed by atoms with E-state index in [4.69, 9.17) is 20.8 Å². The van der Waals surface area contributed by atoms with E-state index < -0.39 is 0 Å². The Bertz CT molecular complexity index is 1050. The summed E-state index contributed by atoms with van der Waals surface area (Å²) in [7, 11) is 3.43. The largest absolute Gasteiger partial charge is 0.480 e. The van der Waals surface area contributed by atoms with Gasteiger partial charge in [0, 0.05) is 37.3 Å². The molecule has 1 aliphatic heterocycles. The first kappa shape index (κ1) is 17.9. The van der Waals surface area contributed by atoms with Gasteiger partial charge in [-0.1, -0.05) is 0 Å². The summed E-state index contributed by atoms with van der Waals surface area (Å²) in [5.41, 5.74) is 7.99. The van der Waals surface area contributed by atoms with Crippen LogP contribution in [0.3, 0.4) is 0 Å². The van der Waals surface area contributed by atoms with Crippen LogP contribution in [0.15, 0.2) is 24.4 Å². The molecule has 4 rings (SSSR count). The Balaban J connectivity index is 1.55. The number of nitrogens with zero attached hydrogens (tertiary/aromatic N) is 6. The van der Waals surface area contributed by atoms with Gasteiger partial charge >= 0.3 is 0 Å². The Morgan fingerprint density at radius 3 is 3.04 bits per heavy atom. The zero-order chi connectivity index (χ0) is 19.7. The van der Waals surface area contributed by atoms with Gasteiger partial charge in [-0.15, -0.1) is 0 Å². The molecular weight excluding hydrogens is 356 g/mol. The number of nitrogens with one attached hydrogen (secondary N) is 1. The molecule has 1 aliphatic rings. The van der Waals surface area contributed by atoms with E-state index in [1.807, 2.05) is 36.0 Å². The number of hydrogen-bond donors (Lipinski definition) is 2. The highest BCUT2D eigenvalue weighted by molar-refractivity contribution is 5.92. The average molecular weight is 378 g/mol. The van der Waals surface area contributed by atoms with Crippen molar-refractivity contribution in [1.82, 2.24) is 19.7 Å². The lowest BCUT2D eigenvalue weighted by Gasteiger charge is -2.33. The maximum atomic E-state index is 9.07. The summed E-state index contributed by atoms with van der Waals surface area (Å²) >= 11 is 0. The first-order valence-electron chi connectivity index (χ1n) is 9.14. The van der Waals surface area contributed by atoms with E-state index >= 15 is 0 Å². The molecule has 144 valence electrons. The van der Waals surface area contributed by atoms with Gasteiger partial charge in [-0.25, -0.2) is 4.98 Å². The maximum absolute atomic E-state index is 9.07. The molecule has 9 heteroatoms. The van der Waals surface area contributed by atoms with Gasteiger partial charge in [0.15, 0.2) is 5.82 Å². The lowest BCUT2D eigenvalue weighted by Crippen LogP contribution is -2.42. The van der Waals surface area contributed by atoms with Crippen molar-refractivity contribution < 1.29 is 4.74 Å². The summed E-state index contributed by atoms with van der Waals surface area (Å²) in [6.45, 7) is 1.72. The van der Waals surface area contributed by atoms with Crippen LogP contribution in [-0.4, -0.2) is 46.0 Å². The molecule has 3 aromatic rings. The number of nitrogens with two attached hydrogens (primary N) is 1. The average Bonchev–Trinajstić information content (AvgIpc) is 3.04. The number of rotatable bonds is 4. The molecule has 3 N–H and O–H groups in total. The third-order valence-corrected chi connectivity index (χ3v) is 4.98. The summed E-state index contributed by atoms with van der Waals surface area (Å²) in [6.07, 6.45) is 3.50. The second kappa shape index (κ2) is 7.23. The standard InChI is InChI=1S/C19H22N8O/c1-26-16-8-13(21)5-6-15(16)17(25-26)27-7-3-4-14(11-27)23-19-22-10-12(9-20)18(24-19)28-2/h5-6,8,10,14H,3-4,7,11,21H2,1-2H3,(H,22,23,24). The van der Waals surface area contributed by atoms with E-state index in [1.165, 1.54) is 13.3 Å². The zero-order valence-corrected chi connectivity index (χ0v) is 15.9. The van der Waals surface area contributed by atoms with Crippen LogP contribution in [0.4, 0.5) is 17.5 Å². The number of methoxy groups -OCH3 is 1. The summed E-state index contributed by atoms with van der Waals surface area (Å²) < 4.78 is 7.04. The van der Waals surface area contributed by atoms with Crippen molar-refractivity contribution in [3.8, 4) is 11.9 Å². The van der Waals surface area contributed by atoms with Crippen molar-refractivity contribution in [2.24, 2.45) is 7.05 Å². The number of piperidine rings is 1. The second-order valence-corrected chi connectivity index (χ2v) is 6.88. The Morgan fingerprint density at radius 1 is 1.39 bits per heavy atom. The van der Waals surface area contributed by atoms with E-state index in [0.717, 1.165) is 48.3 Å². The highest BCUT2D eigenvalue weighted by Crippen LogP contribution is 2.29. The number of benzene rings is 1. The number of nitriles is 1. The monoisotopic (exact) mass is 378 g/mol. The van der Waals surface area contributed by atoms with Gasteiger partial charge in [-0.3, -0.25) is 4.68 Å². The molecule has 0 radical (unpaired) electrons. The summed E-state index contributed by atoms with van der Waals surface area (Å²) in [5.74, 6) is 1.70. The predicted octanol–water partition coefficient (Wildman–Crippen LogP) is 1.91. The molecule has 1 fully saturated rings. The van der Waals surface area contributed by atoms with Crippen LogP contribution in [0.5, 0.6) is 5.88 Å². The lowest BCUT2D eigenvalue weighted by molar-refractivity contribution is 0.395. The Morgan fingerprint density at radius 2 is 2.25 bits per heavy atom. The molecule has 1 saturated heterocycles. The van der Waals surface area contributed by atoms with Gasteiger partial charge in [-0.2, -0.15) is 15.3 Å². The molecule has 2 aromatic heterocycles. The van der Waals surface area contributed by atoms with Gasteiger partial charge in [-0.05, 0) is 31.0 Å². The van der Waals surface area contributed by atoms with Gasteiger partial charge < -0.3 is 20.7 Å². The minimum absolute atomic E-state index is 0.164. The molecule has 3 heterocycles. The van der Waals surface area contributed by atoms with Gasteiger partial charge in [0.05, 0.1) is 18.8 Å². The highest BCUT2D eigenvalue weighted by Gasteiger charge is 2.24. The zero-order valence-electron chi connectivity index (χ0n) is 15.9. The van der Waals surface area contributed by atoms with Crippen LogP contribution in [0, 0.1) is 11.3 Å². The van der Waals surface area contributed by atoms with Crippen molar-refractivity contribution >= 4 is 28.4 Å². The molecule has 9 nitrogen and oxygen atoms in total. The van der Waals surface area contributed by atoms with Gasteiger partial charge in [0.2, 0.25) is 11.8 Å². The molecular formula is C19H22N8O. The molecule has 1 unspecified atom stereocenters. The minimum atomic E-state index is 0.164. The Labute approximate surface area is 162 Å². The molecule has 0 spiro atoms. The minimum Gasteiger partial charge on any atom is -0.480 e. The molecule has 0 saturated carbocycles. The molecule has 0 bridgehead atoms. The van der Waals surface area contributed by atoms with Crippen LogP contribution in [-0.2, 0) is 7.05 Å². The normalized spacial score (nSPS) is 16.8. The fourth-order valence-electron chi connectivity index (χ4n) is 3.63. The van der Waals surface area contributed by atoms with Crippen molar-refractivity contribution in [2.75, 3.05) is 36.1 Å². The number of aromatic nitrogens is 4. The fraction of sp³-hybridized carbons (Fsp3) is 0.368. The first-order valence-corrected chi connectivity index (χ1v) is 9.14. The van der Waals surface area contributed by atoms with E-state index in [1.54, 1.807) is 0 Å². The maximum Gasteiger partial charge on any atom is 0.236 e. The van der Waals surface area contributed by atoms with Crippen molar-refractivity contribution in [1.29, 1.82) is 5.26 Å². The van der Waals surface area contributed by atoms with Crippen LogP contribution >= 0.6 is 0 Å². The Hall–Kier alpha value is -3.54. The number of fused-ring (bicyclic) bond motifs is 1. The smallest absolute Gasteiger partial charge is 0.236 e. The third-order valence-electron chi connectivity index (χ3n) is 4.98. The van der Waals surface area contributed by atoms with E-state index in [0.29, 0.717) is 11.5 Å². The summed E-state index contributed by atoms with van der Waals surface area (Å²) in [4.78, 5) is 10.8. The van der Waals surface area contributed by atoms with E-state index in [-0.39, 0.29) is 11.9 Å². The molecule has 0 aliphatic carbocycles. The van der Waals surface area contributed by atoms with Crippen molar-refractivity contribution in [3.63, 3.8) is 0 Å². The lowest BCUT2D eigenvalue weighted by atomic mass is 10.1. The van der Waals surface area contributed by atoms with E-state index in [9.17, 15) is 0 Å². The topological polar surface area (TPSA) is 118 Å². The Kier molecular flexibility index (Phi) is 4.61. The van der Waals surface area contributed by atoms with Gasteiger partial charge in [0.25, 0.3) is 0 Å². The number of aryl methyl sites for hydroxylation is 1. The summed E-state index contributed by atoms with van der Waals surface area (Å²) in [6, 6.07) is 8.07. The van der Waals surface area contributed by atoms with Crippen LogP contribution in [0.25, 0.3) is 10.9 Å². The fourth-order valence-corrected chi connectivity index (χ4v) is 3.63. The second-order valence-electron chi connectivity index (χ2n) is 6.88. The van der Waals surface area contributed by atoms with Gasteiger partial charge in [0.1, 0.15) is 11.6 Å². The molecule has 0 amide bonds. The van der Waals surface area contributed by atoms with Crippen molar-refractivity contribution in [2.45, 2.75) is 18.9 Å². The number of nitrogen functional groups attached to an aromatic ring is 1. The van der Waals surface area contributed by atoms with Crippen LogP contribution in [0.2, 0.25) is 0 Å². The number of hydrogen-bond acceptors (Lipinski definition) is 8. The third kappa shape index (κ3) is 3.24. The number of ether oxygens (including phenoxy) is 1. The van der Waals surface area contributed by atoms with Crippen LogP contribution in [0.1, 0.15) is 18.4 Å².